The maximum Gasteiger partial charge on any atom is 0.204 e. The molecule has 1 aromatic heterocycles. The van der Waals surface area contributed by atoms with E-state index in [1.165, 1.54) is 32.1 Å². The van der Waals surface area contributed by atoms with E-state index in [1.807, 2.05) is 7.05 Å². The lowest BCUT2D eigenvalue weighted by molar-refractivity contribution is 0.408. The van der Waals surface area contributed by atoms with Crippen LogP contribution in [0, 0.1) is 5.92 Å². The monoisotopic (exact) mass is 292 g/mol. The maximum absolute atomic E-state index is 5.59. The zero-order chi connectivity index (χ0) is 15.2. The highest BCUT2D eigenvalue weighted by Gasteiger charge is 2.27. The molecule has 2 rings (SSSR count). The van der Waals surface area contributed by atoms with Gasteiger partial charge in [-0.1, -0.05) is 26.7 Å². The molecule has 0 saturated heterocycles. The molecule has 0 bridgehead atoms. The van der Waals surface area contributed by atoms with Gasteiger partial charge in [0.05, 0.1) is 7.11 Å². The molecule has 0 unspecified atom stereocenters. The van der Waals surface area contributed by atoms with Crippen LogP contribution < -0.4 is 15.0 Å². The van der Waals surface area contributed by atoms with Crippen molar-refractivity contribution in [2.75, 3.05) is 30.9 Å². The Hall–Kier alpha value is -1.52. The van der Waals surface area contributed by atoms with Crippen LogP contribution in [-0.2, 0) is 0 Å². The van der Waals surface area contributed by atoms with E-state index in [4.69, 9.17) is 4.74 Å². The highest BCUT2D eigenvalue weighted by atomic mass is 16.5. The van der Waals surface area contributed by atoms with Crippen molar-refractivity contribution in [3.8, 4) is 5.75 Å². The minimum absolute atomic E-state index is 0.581. The van der Waals surface area contributed by atoms with Crippen molar-refractivity contribution in [3.05, 3.63) is 6.33 Å². The summed E-state index contributed by atoms with van der Waals surface area (Å²) in [5, 5.41) is 3.09. The molecule has 5 heteroatoms. The van der Waals surface area contributed by atoms with E-state index in [9.17, 15) is 0 Å². The molecule has 5 nitrogen and oxygen atoms in total. The third-order valence-corrected chi connectivity index (χ3v) is 4.21. The van der Waals surface area contributed by atoms with E-state index in [1.54, 1.807) is 13.4 Å². The van der Waals surface area contributed by atoms with Gasteiger partial charge in [-0.3, -0.25) is 0 Å². The zero-order valence-electron chi connectivity index (χ0n) is 13.7. The van der Waals surface area contributed by atoms with Gasteiger partial charge in [0, 0.05) is 19.6 Å². The summed E-state index contributed by atoms with van der Waals surface area (Å²) in [5.74, 6) is 3.14. The number of hydrogen-bond acceptors (Lipinski definition) is 5. The molecule has 1 fully saturated rings. The molecule has 1 N–H and O–H groups in total. The molecule has 0 radical (unpaired) electrons. The molecule has 118 valence electrons. The second-order valence-corrected chi connectivity index (χ2v) is 6.14. The minimum atomic E-state index is 0.581. The van der Waals surface area contributed by atoms with E-state index in [0.717, 1.165) is 23.9 Å². The van der Waals surface area contributed by atoms with E-state index in [2.05, 4.69) is 34.0 Å². The van der Waals surface area contributed by atoms with Gasteiger partial charge >= 0.3 is 0 Å². The molecular weight excluding hydrogens is 264 g/mol. The normalized spacial score (nSPS) is 15.5. The number of methoxy groups -OCH3 is 1. The van der Waals surface area contributed by atoms with Crippen LogP contribution in [0.25, 0.3) is 0 Å². The first-order chi connectivity index (χ1) is 10.2. The lowest BCUT2D eigenvalue weighted by Crippen LogP contribution is -2.36. The van der Waals surface area contributed by atoms with Crippen LogP contribution in [0.3, 0.4) is 0 Å². The number of hydrogen-bond donors (Lipinski definition) is 1. The van der Waals surface area contributed by atoms with Gasteiger partial charge in [0.1, 0.15) is 6.33 Å². The Morgan fingerprint density at radius 2 is 2.05 bits per heavy atom. The number of rotatable bonds is 7. The summed E-state index contributed by atoms with van der Waals surface area (Å²) >= 11 is 0. The van der Waals surface area contributed by atoms with Crippen molar-refractivity contribution in [1.29, 1.82) is 0 Å². The molecule has 0 aliphatic heterocycles. The second kappa shape index (κ2) is 7.48. The lowest BCUT2D eigenvalue weighted by Gasteiger charge is -2.32. The summed E-state index contributed by atoms with van der Waals surface area (Å²) in [6.07, 6.45) is 7.92. The quantitative estimate of drug-likeness (QED) is 0.835. The lowest BCUT2D eigenvalue weighted by atomic mass is 10.1. The summed E-state index contributed by atoms with van der Waals surface area (Å²) < 4.78 is 5.59. The van der Waals surface area contributed by atoms with Crippen LogP contribution in [-0.4, -0.2) is 36.7 Å². The summed E-state index contributed by atoms with van der Waals surface area (Å²) in [4.78, 5) is 11.2. The molecule has 1 aromatic rings. The molecule has 0 atom stereocenters. The van der Waals surface area contributed by atoms with Gasteiger partial charge in [-0.15, -0.1) is 0 Å². The minimum Gasteiger partial charge on any atom is -0.490 e. The van der Waals surface area contributed by atoms with Crippen LogP contribution in [0.5, 0.6) is 5.75 Å². The summed E-state index contributed by atoms with van der Waals surface area (Å²) in [7, 11) is 3.56. The van der Waals surface area contributed by atoms with E-state index >= 15 is 0 Å². The highest BCUT2D eigenvalue weighted by Crippen LogP contribution is 2.36. The maximum atomic E-state index is 5.59. The van der Waals surface area contributed by atoms with Crippen molar-refractivity contribution >= 4 is 11.6 Å². The Bertz CT molecular complexity index is 444. The van der Waals surface area contributed by atoms with Crippen LogP contribution in [0.1, 0.15) is 46.0 Å². The zero-order valence-corrected chi connectivity index (χ0v) is 13.7. The molecule has 21 heavy (non-hydrogen) atoms. The topological polar surface area (TPSA) is 50.3 Å². The Morgan fingerprint density at radius 1 is 1.33 bits per heavy atom. The van der Waals surface area contributed by atoms with Gasteiger partial charge in [0.25, 0.3) is 0 Å². The van der Waals surface area contributed by atoms with Crippen molar-refractivity contribution < 1.29 is 4.74 Å². The first-order valence-corrected chi connectivity index (χ1v) is 8.00. The van der Waals surface area contributed by atoms with Crippen molar-refractivity contribution in [3.63, 3.8) is 0 Å². The van der Waals surface area contributed by atoms with Gasteiger partial charge in [-0.25, -0.2) is 9.97 Å². The van der Waals surface area contributed by atoms with Crippen molar-refractivity contribution in [2.45, 2.75) is 52.0 Å². The Balaban J connectivity index is 2.30. The van der Waals surface area contributed by atoms with Crippen LogP contribution in [0.15, 0.2) is 6.33 Å². The standard InChI is InChI=1S/C16H28N4O/c1-12(2)9-10-20(13-7-5-6-8-13)16-14(21-4)15(17-3)18-11-19-16/h11-13H,5-10H2,1-4H3,(H,17,18,19). The smallest absolute Gasteiger partial charge is 0.204 e. The first kappa shape index (κ1) is 15.9. The molecular formula is C16H28N4O. The van der Waals surface area contributed by atoms with Crippen molar-refractivity contribution in [1.82, 2.24) is 9.97 Å². The fourth-order valence-corrected chi connectivity index (χ4v) is 3.01. The SMILES string of the molecule is CNc1ncnc(N(CCC(C)C)C2CCCC2)c1OC. The fourth-order valence-electron chi connectivity index (χ4n) is 3.01. The molecule has 0 amide bonds. The average Bonchev–Trinajstić information content (AvgIpc) is 3.00. The molecule has 0 spiro atoms. The molecule has 1 saturated carbocycles. The van der Waals surface area contributed by atoms with Gasteiger partial charge in [0.15, 0.2) is 11.6 Å². The van der Waals surface area contributed by atoms with Crippen LogP contribution >= 0.6 is 0 Å². The predicted molar refractivity (Wildman–Crippen MR) is 87.2 cm³/mol. The number of anilines is 2. The van der Waals surface area contributed by atoms with Crippen LogP contribution in [0.4, 0.5) is 11.6 Å². The first-order valence-electron chi connectivity index (χ1n) is 8.00. The number of ether oxygens (including phenoxy) is 1. The summed E-state index contributed by atoms with van der Waals surface area (Å²) in [6.45, 7) is 5.56. The highest BCUT2D eigenvalue weighted by molar-refractivity contribution is 5.65. The predicted octanol–water partition coefficient (Wildman–Crippen LogP) is 3.32. The van der Waals surface area contributed by atoms with Crippen molar-refractivity contribution in [2.24, 2.45) is 5.92 Å². The summed E-state index contributed by atoms with van der Waals surface area (Å²) in [6, 6.07) is 0.581. The molecule has 1 heterocycles. The Labute approximate surface area is 128 Å². The molecule has 1 aliphatic carbocycles. The van der Waals surface area contributed by atoms with E-state index in [0.29, 0.717) is 12.0 Å². The van der Waals surface area contributed by atoms with Crippen LogP contribution in [0.2, 0.25) is 0 Å². The van der Waals surface area contributed by atoms with E-state index in [-0.39, 0.29) is 0 Å². The van der Waals surface area contributed by atoms with Gasteiger partial charge in [-0.05, 0) is 25.2 Å². The number of nitrogens with zero attached hydrogens (tertiary/aromatic N) is 3. The molecule has 1 aliphatic rings. The molecule has 0 aromatic carbocycles. The van der Waals surface area contributed by atoms with Gasteiger partial charge in [0.2, 0.25) is 5.75 Å². The Kier molecular flexibility index (Phi) is 5.65. The third-order valence-electron chi connectivity index (χ3n) is 4.21. The average molecular weight is 292 g/mol. The largest absolute Gasteiger partial charge is 0.490 e. The number of nitrogens with one attached hydrogen (secondary N) is 1. The van der Waals surface area contributed by atoms with E-state index < -0.39 is 0 Å². The van der Waals surface area contributed by atoms with Gasteiger partial charge < -0.3 is 15.0 Å². The number of aromatic nitrogens is 2. The third kappa shape index (κ3) is 3.77. The van der Waals surface area contributed by atoms with Gasteiger partial charge in [-0.2, -0.15) is 0 Å². The fraction of sp³-hybridized carbons (Fsp3) is 0.750. The summed E-state index contributed by atoms with van der Waals surface area (Å²) in [5.41, 5.74) is 0. The Morgan fingerprint density at radius 3 is 2.62 bits per heavy atom. The second-order valence-electron chi connectivity index (χ2n) is 6.14.